The fourth-order valence-electron chi connectivity index (χ4n) is 3.42. The third-order valence-electron chi connectivity index (χ3n) is 4.44. The Bertz CT molecular complexity index is 1050. The second-order valence-corrected chi connectivity index (χ2v) is 6.87. The van der Waals surface area contributed by atoms with Crippen LogP contribution in [0, 0.1) is 0 Å². The van der Waals surface area contributed by atoms with Crippen LogP contribution in [0.15, 0.2) is 78.9 Å². The minimum Gasteiger partial charge on any atom is -0.135 e. The molecular weight excluding hydrogens is 296 g/mol. The van der Waals surface area contributed by atoms with Crippen LogP contribution in [0.3, 0.4) is 0 Å². The molecule has 1 aromatic heterocycles. The summed E-state index contributed by atoms with van der Waals surface area (Å²) in [6, 6.07) is 28.1. The minimum atomic E-state index is 1.25. The molecule has 3 aromatic carbocycles. The van der Waals surface area contributed by atoms with Gasteiger partial charge < -0.3 is 0 Å². The Balaban J connectivity index is 1.87. The molecule has 1 aliphatic rings. The highest BCUT2D eigenvalue weighted by Crippen LogP contribution is 2.52. The summed E-state index contributed by atoms with van der Waals surface area (Å²) < 4.78 is 1.37. The zero-order chi connectivity index (χ0) is 15.2. The third-order valence-corrected chi connectivity index (χ3v) is 5.64. The molecule has 0 spiro atoms. The van der Waals surface area contributed by atoms with Crippen molar-refractivity contribution in [3.8, 4) is 10.4 Å². The molecule has 0 nitrogen and oxygen atoms in total. The molecule has 23 heavy (non-hydrogen) atoms. The lowest BCUT2D eigenvalue weighted by atomic mass is 9.99. The van der Waals surface area contributed by atoms with E-state index < -0.39 is 0 Å². The Labute approximate surface area is 139 Å². The summed E-state index contributed by atoms with van der Waals surface area (Å²) in [5, 5.41) is 1.37. The highest BCUT2D eigenvalue weighted by molar-refractivity contribution is 7.22. The second-order valence-electron chi connectivity index (χ2n) is 5.82. The van der Waals surface area contributed by atoms with Gasteiger partial charge in [-0.2, -0.15) is 0 Å². The van der Waals surface area contributed by atoms with E-state index in [9.17, 15) is 0 Å². The average molecular weight is 310 g/mol. The first-order valence-electron chi connectivity index (χ1n) is 7.80. The Morgan fingerprint density at radius 2 is 1.35 bits per heavy atom. The number of thiophene rings is 1. The average Bonchev–Trinajstić information content (AvgIpc) is 3.12. The van der Waals surface area contributed by atoms with E-state index in [1.807, 2.05) is 11.3 Å². The van der Waals surface area contributed by atoms with E-state index in [1.54, 1.807) is 0 Å². The van der Waals surface area contributed by atoms with Gasteiger partial charge in [-0.05, 0) is 28.8 Å². The molecule has 1 heteroatoms. The Morgan fingerprint density at radius 1 is 0.652 bits per heavy atom. The smallest absolute Gasteiger partial charge is 0.0440 e. The molecule has 0 radical (unpaired) electrons. The molecule has 0 fully saturated rings. The van der Waals surface area contributed by atoms with Crippen LogP contribution in [0.2, 0.25) is 0 Å². The number of benzene rings is 3. The summed E-state index contributed by atoms with van der Waals surface area (Å²) in [5.74, 6) is 0. The molecule has 4 aromatic rings. The molecule has 0 N–H and O–H groups in total. The van der Waals surface area contributed by atoms with Crippen LogP contribution >= 0.6 is 11.3 Å². The highest BCUT2D eigenvalue weighted by Gasteiger charge is 2.27. The van der Waals surface area contributed by atoms with E-state index in [0.29, 0.717) is 0 Å². The van der Waals surface area contributed by atoms with E-state index in [0.717, 1.165) is 0 Å². The fourth-order valence-corrected chi connectivity index (χ4v) is 4.68. The van der Waals surface area contributed by atoms with Gasteiger partial charge in [-0.3, -0.25) is 0 Å². The van der Waals surface area contributed by atoms with Crippen molar-refractivity contribution in [1.82, 2.24) is 0 Å². The van der Waals surface area contributed by atoms with Crippen LogP contribution in [-0.2, 0) is 0 Å². The van der Waals surface area contributed by atoms with Crippen molar-refractivity contribution < 1.29 is 0 Å². The van der Waals surface area contributed by atoms with Crippen molar-refractivity contribution in [2.24, 2.45) is 0 Å². The van der Waals surface area contributed by atoms with Crippen molar-refractivity contribution in [1.29, 1.82) is 0 Å². The van der Waals surface area contributed by atoms with E-state index in [2.05, 4.69) is 84.9 Å². The van der Waals surface area contributed by atoms with Gasteiger partial charge in [-0.15, -0.1) is 11.3 Å². The van der Waals surface area contributed by atoms with Crippen molar-refractivity contribution in [2.75, 3.05) is 0 Å². The van der Waals surface area contributed by atoms with Gasteiger partial charge in [0.05, 0.1) is 0 Å². The van der Waals surface area contributed by atoms with Gasteiger partial charge in [0.1, 0.15) is 0 Å². The molecular formula is C22H14S. The van der Waals surface area contributed by atoms with Crippen LogP contribution in [0.4, 0.5) is 0 Å². The van der Waals surface area contributed by atoms with Crippen LogP contribution < -0.4 is 0 Å². The van der Waals surface area contributed by atoms with Crippen molar-refractivity contribution in [3.05, 3.63) is 95.6 Å². The molecule has 0 unspecified atom stereocenters. The molecule has 108 valence electrons. The quantitative estimate of drug-likeness (QED) is 0.333. The Kier molecular flexibility index (Phi) is 2.76. The van der Waals surface area contributed by atoms with E-state index in [4.69, 9.17) is 0 Å². The molecule has 0 amide bonds. The van der Waals surface area contributed by atoms with Crippen LogP contribution in [0.25, 0.3) is 32.2 Å². The topological polar surface area (TPSA) is 0 Å². The van der Waals surface area contributed by atoms with Gasteiger partial charge in [0, 0.05) is 26.1 Å². The van der Waals surface area contributed by atoms with Gasteiger partial charge in [-0.1, -0.05) is 72.8 Å². The minimum absolute atomic E-state index is 1.25. The van der Waals surface area contributed by atoms with Gasteiger partial charge in [0.15, 0.2) is 0 Å². The van der Waals surface area contributed by atoms with Gasteiger partial charge in [-0.25, -0.2) is 0 Å². The highest BCUT2D eigenvalue weighted by atomic mass is 32.1. The lowest BCUT2D eigenvalue weighted by Crippen LogP contribution is -1.82. The van der Waals surface area contributed by atoms with Gasteiger partial charge in [0.2, 0.25) is 0 Å². The summed E-state index contributed by atoms with van der Waals surface area (Å²) in [6.07, 6.45) is 2.32. The summed E-state index contributed by atoms with van der Waals surface area (Å²) in [5.41, 5.74) is 6.71. The van der Waals surface area contributed by atoms with Crippen LogP contribution in [0.1, 0.15) is 16.7 Å². The summed E-state index contributed by atoms with van der Waals surface area (Å²) in [6.45, 7) is 0. The lowest BCUT2D eigenvalue weighted by Gasteiger charge is -2.04. The maximum absolute atomic E-state index is 2.32. The Morgan fingerprint density at radius 3 is 2.22 bits per heavy atom. The van der Waals surface area contributed by atoms with Crippen molar-refractivity contribution in [3.63, 3.8) is 0 Å². The maximum Gasteiger partial charge on any atom is 0.0440 e. The Hall–Kier alpha value is -2.64. The SMILES string of the molecule is C(=C1/c2ccccc2-c2sc3ccccc3c21)/c1ccccc1. The molecule has 1 aliphatic carbocycles. The maximum atomic E-state index is 2.32. The first kappa shape index (κ1) is 12.9. The van der Waals surface area contributed by atoms with E-state index >= 15 is 0 Å². The molecule has 1 heterocycles. The predicted molar refractivity (Wildman–Crippen MR) is 101 cm³/mol. The molecule has 0 atom stereocenters. The normalized spacial score (nSPS) is 14.2. The molecule has 5 rings (SSSR count). The largest absolute Gasteiger partial charge is 0.135 e. The lowest BCUT2D eigenvalue weighted by molar-refractivity contribution is 1.64. The van der Waals surface area contributed by atoms with Crippen LogP contribution in [0.5, 0.6) is 0 Å². The van der Waals surface area contributed by atoms with Gasteiger partial charge in [0.25, 0.3) is 0 Å². The molecule has 0 saturated carbocycles. The summed E-state index contributed by atoms with van der Waals surface area (Å²) in [4.78, 5) is 1.41. The van der Waals surface area contributed by atoms with Crippen molar-refractivity contribution in [2.45, 2.75) is 0 Å². The first-order valence-corrected chi connectivity index (χ1v) is 8.62. The predicted octanol–water partition coefficient (Wildman–Crippen LogP) is 6.47. The number of hydrogen-bond donors (Lipinski definition) is 0. The molecule has 0 aliphatic heterocycles. The number of rotatable bonds is 1. The second kappa shape index (κ2) is 4.94. The fraction of sp³-hybridized carbons (Fsp3) is 0. The number of fused-ring (bicyclic) bond motifs is 5. The van der Waals surface area contributed by atoms with E-state index in [-0.39, 0.29) is 0 Å². The summed E-state index contributed by atoms with van der Waals surface area (Å²) in [7, 11) is 0. The zero-order valence-corrected chi connectivity index (χ0v) is 13.3. The standard InChI is InChI=1S/C22H14S/c1-2-8-15(9-3-1)14-19-16-10-4-5-11-17(16)22-21(19)18-12-6-7-13-20(18)23-22/h1-14H/b19-14+. The van der Waals surface area contributed by atoms with E-state index in [1.165, 1.54) is 42.8 Å². The molecule has 0 bridgehead atoms. The molecule has 0 saturated heterocycles. The van der Waals surface area contributed by atoms with Crippen molar-refractivity contribution >= 4 is 33.1 Å². The third kappa shape index (κ3) is 1.90. The van der Waals surface area contributed by atoms with Gasteiger partial charge >= 0.3 is 0 Å². The zero-order valence-electron chi connectivity index (χ0n) is 12.5. The summed E-state index contributed by atoms with van der Waals surface area (Å²) >= 11 is 1.90. The number of hydrogen-bond acceptors (Lipinski definition) is 1. The first-order chi connectivity index (χ1) is 11.4. The van der Waals surface area contributed by atoms with Crippen LogP contribution in [-0.4, -0.2) is 0 Å². The monoisotopic (exact) mass is 310 g/mol.